The van der Waals surface area contributed by atoms with Gasteiger partial charge in [-0.3, -0.25) is 4.79 Å². The van der Waals surface area contributed by atoms with Gasteiger partial charge in [-0.15, -0.1) is 0 Å². The summed E-state index contributed by atoms with van der Waals surface area (Å²) in [7, 11) is 0. The van der Waals surface area contributed by atoms with Crippen LogP contribution in [0.3, 0.4) is 0 Å². The lowest BCUT2D eigenvalue weighted by atomic mass is 9.96. The number of carbonyl (C=O) groups excluding carboxylic acids is 1. The second kappa shape index (κ2) is 7.72. The van der Waals surface area contributed by atoms with Crippen LogP contribution < -0.4 is 0 Å². The first-order valence-corrected chi connectivity index (χ1v) is 6.18. The van der Waals surface area contributed by atoms with Gasteiger partial charge in [0.05, 0.1) is 0 Å². The summed E-state index contributed by atoms with van der Waals surface area (Å²) in [6.07, 6.45) is 3.86. The molecule has 0 rings (SSSR count). The molecule has 0 aromatic rings. The highest BCUT2D eigenvalue weighted by Crippen LogP contribution is 2.17. The Morgan fingerprint density at radius 2 is 1.60 bits per heavy atom. The second-order valence-electron chi connectivity index (χ2n) is 4.90. The molecule has 2 nitrogen and oxygen atoms in total. The third kappa shape index (κ3) is 6.53. The van der Waals surface area contributed by atoms with Gasteiger partial charge < -0.3 is 4.74 Å². The number of esters is 1. The lowest BCUT2D eigenvalue weighted by Gasteiger charge is -2.24. The fourth-order valence-corrected chi connectivity index (χ4v) is 1.77. The Balaban J connectivity index is 3.90. The van der Waals surface area contributed by atoms with E-state index < -0.39 is 0 Å². The highest BCUT2D eigenvalue weighted by Gasteiger charge is 2.21. The van der Waals surface area contributed by atoms with Crippen LogP contribution in [0.5, 0.6) is 0 Å². The van der Waals surface area contributed by atoms with Crippen LogP contribution >= 0.6 is 0 Å². The van der Waals surface area contributed by atoms with Gasteiger partial charge in [0.2, 0.25) is 0 Å². The van der Waals surface area contributed by atoms with Crippen molar-refractivity contribution in [3.05, 3.63) is 0 Å². The Morgan fingerprint density at radius 1 is 1.07 bits per heavy atom. The summed E-state index contributed by atoms with van der Waals surface area (Å²) >= 11 is 0. The molecule has 0 unspecified atom stereocenters. The highest BCUT2D eigenvalue weighted by molar-refractivity contribution is 5.69. The van der Waals surface area contributed by atoms with Crippen molar-refractivity contribution in [3.8, 4) is 0 Å². The summed E-state index contributed by atoms with van der Waals surface area (Å²) in [5.74, 6) is 0.774. The van der Waals surface area contributed by atoms with Crippen molar-refractivity contribution in [2.45, 2.75) is 66.4 Å². The second-order valence-corrected chi connectivity index (χ2v) is 4.90. The predicted octanol–water partition coefficient (Wildman–Crippen LogP) is 3.79. The summed E-state index contributed by atoms with van der Waals surface area (Å²) in [6, 6.07) is 0. The molecule has 0 atom stereocenters. The zero-order chi connectivity index (χ0) is 11.8. The first-order chi connectivity index (χ1) is 6.99. The maximum Gasteiger partial charge on any atom is 0.306 e. The van der Waals surface area contributed by atoms with E-state index in [0.717, 1.165) is 19.3 Å². The first kappa shape index (κ1) is 14.5. The van der Waals surface area contributed by atoms with Gasteiger partial charge in [-0.05, 0) is 18.3 Å². The molecular formula is C13H26O2. The van der Waals surface area contributed by atoms with Crippen LogP contribution in [0.25, 0.3) is 0 Å². The van der Waals surface area contributed by atoms with Crippen molar-refractivity contribution in [3.63, 3.8) is 0 Å². The van der Waals surface area contributed by atoms with Crippen LogP contribution in [-0.4, -0.2) is 12.1 Å². The van der Waals surface area contributed by atoms with Gasteiger partial charge in [-0.1, -0.05) is 47.5 Å². The fourth-order valence-electron chi connectivity index (χ4n) is 1.77. The van der Waals surface area contributed by atoms with Crippen molar-refractivity contribution >= 4 is 5.97 Å². The molecule has 0 bridgehead atoms. The van der Waals surface area contributed by atoms with Crippen LogP contribution in [0.2, 0.25) is 0 Å². The maximum atomic E-state index is 11.5. The van der Waals surface area contributed by atoms with Crippen LogP contribution in [-0.2, 0) is 9.53 Å². The van der Waals surface area contributed by atoms with E-state index in [4.69, 9.17) is 4.74 Å². The van der Waals surface area contributed by atoms with Gasteiger partial charge in [0.25, 0.3) is 0 Å². The Labute approximate surface area is 94.4 Å². The molecule has 0 aromatic carbocycles. The third-order valence-corrected chi connectivity index (χ3v) is 2.57. The Morgan fingerprint density at radius 3 is 2.00 bits per heavy atom. The number of hydrogen-bond acceptors (Lipinski definition) is 2. The van der Waals surface area contributed by atoms with Crippen LogP contribution in [0, 0.1) is 11.8 Å². The smallest absolute Gasteiger partial charge is 0.306 e. The summed E-state index contributed by atoms with van der Waals surface area (Å²) in [6.45, 7) is 10.5. The van der Waals surface area contributed by atoms with E-state index in [0.29, 0.717) is 18.3 Å². The third-order valence-electron chi connectivity index (χ3n) is 2.57. The van der Waals surface area contributed by atoms with Crippen molar-refractivity contribution in [2.75, 3.05) is 0 Å². The van der Waals surface area contributed by atoms with Gasteiger partial charge in [0.1, 0.15) is 6.10 Å². The van der Waals surface area contributed by atoms with Crippen molar-refractivity contribution in [2.24, 2.45) is 11.8 Å². The molecule has 0 fully saturated rings. The Bertz CT molecular complexity index is 165. The topological polar surface area (TPSA) is 26.3 Å². The monoisotopic (exact) mass is 214 g/mol. The minimum absolute atomic E-state index is 0.0316. The summed E-state index contributed by atoms with van der Waals surface area (Å²) < 4.78 is 5.48. The van der Waals surface area contributed by atoms with E-state index in [1.807, 2.05) is 0 Å². The van der Waals surface area contributed by atoms with Crippen molar-refractivity contribution in [1.82, 2.24) is 0 Å². The zero-order valence-corrected chi connectivity index (χ0v) is 10.9. The molecule has 0 saturated heterocycles. The molecule has 0 heterocycles. The molecule has 0 aromatic heterocycles. The van der Waals surface area contributed by atoms with Crippen LogP contribution in [0.15, 0.2) is 0 Å². The maximum absolute atomic E-state index is 11.5. The summed E-state index contributed by atoms with van der Waals surface area (Å²) in [5.41, 5.74) is 0. The number of carbonyl (C=O) groups is 1. The lowest BCUT2D eigenvalue weighted by molar-refractivity contribution is -0.154. The first-order valence-electron chi connectivity index (χ1n) is 6.18. The molecular weight excluding hydrogens is 188 g/mol. The molecule has 90 valence electrons. The standard InChI is InChI=1S/C13H26O2/c1-6-7-8-9-12(14)15-13(10(2)3)11(4)5/h10-11,13H,6-9H2,1-5H3. The fraction of sp³-hybridized carbons (Fsp3) is 0.923. The molecule has 0 spiro atoms. The summed E-state index contributed by atoms with van der Waals surface area (Å²) in [4.78, 5) is 11.5. The molecule has 0 aliphatic heterocycles. The molecule has 0 saturated carbocycles. The molecule has 15 heavy (non-hydrogen) atoms. The van der Waals surface area contributed by atoms with Gasteiger partial charge in [0.15, 0.2) is 0 Å². The number of hydrogen-bond donors (Lipinski definition) is 0. The highest BCUT2D eigenvalue weighted by atomic mass is 16.5. The van der Waals surface area contributed by atoms with E-state index in [1.165, 1.54) is 0 Å². The van der Waals surface area contributed by atoms with E-state index >= 15 is 0 Å². The van der Waals surface area contributed by atoms with Gasteiger partial charge in [-0.2, -0.15) is 0 Å². The molecule has 0 aliphatic carbocycles. The largest absolute Gasteiger partial charge is 0.462 e. The van der Waals surface area contributed by atoms with Gasteiger partial charge in [-0.25, -0.2) is 0 Å². The van der Waals surface area contributed by atoms with Crippen LogP contribution in [0.4, 0.5) is 0 Å². The minimum atomic E-state index is -0.0316. The van der Waals surface area contributed by atoms with E-state index in [9.17, 15) is 4.79 Å². The average molecular weight is 214 g/mol. The average Bonchev–Trinajstić information content (AvgIpc) is 2.13. The van der Waals surface area contributed by atoms with Crippen molar-refractivity contribution in [1.29, 1.82) is 0 Å². The molecule has 0 aliphatic rings. The molecule has 0 radical (unpaired) electrons. The SMILES string of the molecule is CCCCCC(=O)OC(C(C)C)C(C)C. The normalized spacial score (nSPS) is 11.5. The van der Waals surface area contributed by atoms with Gasteiger partial charge in [0, 0.05) is 6.42 Å². The molecule has 0 N–H and O–H groups in total. The van der Waals surface area contributed by atoms with Gasteiger partial charge >= 0.3 is 5.97 Å². The van der Waals surface area contributed by atoms with E-state index in [-0.39, 0.29) is 12.1 Å². The minimum Gasteiger partial charge on any atom is -0.462 e. The van der Waals surface area contributed by atoms with E-state index in [1.54, 1.807) is 0 Å². The zero-order valence-electron chi connectivity index (χ0n) is 10.9. The van der Waals surface area contributed by atoms with Crippen LogP contribution in [0.1, 0.15) is 60.3 Å². The quantitative estimate of drug-likeness (QED) is 0.476. The lowest BCUT2D eigenvalue weighted by Crippen LogP contribution is -2.28. The Hall–Kier alpha value is -0.530. The van der Waals surface area contributed by atoms with Crippen molar-refractivity contribution < 1.29 is 9.53 Å². The number of unbranched alkanes of at least 4 members (excludes halogenated alkanes) is 2. The number of rotatable bonds is 7. The summed E-state index contributed by atoms with van der Waals surface area (Å²) in [5, 5.41) is 0. The predicted molar refractivity (Wildman–Crippen MR) is 63.7 cm³/mol. The number of ether oxygens (including phenoxy) is 1. The van der Waals surface area contributed by atoms with E-state index in [2.05, 4.69) is 34.6 Å². The molecule has 2 heteroatoms. The Kier molecular flexibility index (Phi) is 7.45. The molecule has 0 amide bonds.